The Labute approximate surface area is 97.4 Å². The number of hydrogen-bond donors (Lipinski definition) is 2. The summed E-state index contributed by atoms with van der Waals surface area (Å²) >= 11 is 0. The van der Waals surface area contributed by atoms with E-state index in [0.29, 0.717) is 12.5 Å². The molecule has 0 aliphatic heterocycles. The molecule has 1 aliphatic carbocycles. The van der Waals surface area contributed by atoms with Gasteiger partial charge in [-0.05, 0) is 32.1 Å². The number of ether oxygens (including phenoxy) is 1. The molecule has 0 amide bonds. The third-order valence-corrected chi connectivity index (χ3v) is 3.29. The molecule has 16 heavy (non-hydrogen) atoms. The molecule has 0 heterocycles. The summed E-state index contributed by atoms with van der Waals surface area (Å²) in [6.45, 7) is 4.41. The average molecular weight is 229 g/mol. The van der Waals surface area contributed by atoms with E-state index in [1.807, 2.05) is 13.8 Å². The number of esters is 1. The number of nitrogens with one attached hydrogen (secondary N) is 1. The summed E-state index contributed by atoms with van der Waals surface area (Å²) < 4.78 is 5.01. The summed E-state index contributed by atoms with van der Waals surface area (Å²) in [6, 6.07) is 0.0384. The lowest BCUT2D eigenvalue weighted by Gasteiger charge is -2.24. The molecule has 0 aromatic rings. The first-order valence-electron chi connectivity index (χ1n) is 6.26. The van der Waals surface area contributed by atoms with Crippen LogP contribution in [0.15, 0.2) is 0 Å². The van der Waals surface area contributed by atoms with Gasteiger partial charge < -0.3 is 15.2 Å². The highest BCUT2D eigenvalue weighted by Crippen LogP contribution is 2.25. The first-order valence-corrected chi connectivity index (χ1v) is 6.26. The van der Waals surface area contributed by atoms with Gasteiger partial charge in [-0.1, -0.05) is 13.3 Å². The van der Waals surface area contributed by atoms with Gasteiger partial charge in [-0.25, -0.2) is 0 Å². The van der Waals surface area contributed by atoms with Crippen LogP contribution in [0.4, 0.5) is 0 Å². The molecule has 0 spiro atoms. The summed E-state index contributed by atoms with van der Waals surface area (Å²) in [6.07, 6.45) is 3.95. The highest BCUT2D eigenvalue weighted by molar-refractivity contribution is 5.75. The van der Waals surface area contributed by atoms with Gasteiger partial charge in [0.15, 0.2) is 0 Å². The van der Waals surface area contributed by atoms with Gasteiger partial charge in [0.1, 0.15) is 6.04 Å². The van der Waals surface area contributed by atoms with Crippen LogP contribution in [-0.2, 0) is 9.53 Å². The molecule has 1 saturated carbocycles. The smallest absolute Gasteiger partial charge is 0.323 e. The van der Waals surface area contributed by atoms with E-state index < -0.39 is 0 Å². The minimum Gasteiger partial charge on any atom is -0.465 e. The lowest BCUT2D eigenvalue weighted by atomic mass is 10.0. The van der Waals surface area contributed by atoms with Crippen molar-refractivity contribution in [3.05, 3.63) is 0 Å². The van der Waals surface area contributed by atoms with E-state index in [0.717, 1.165) is 25.7 Å². The van der Waals surface area contributed by atoms with Crippen molar-refractivity contribution in [2.45, 2.75) is 51.6 Å². The second-order valence-electron chi connectivity index (χ2n) is 4.36. The van der Waals surface area contributed by atoms with Gasteiger partial charge in [0.2, 0.25) is 0 Å². The number of carbonyl (C=O) groups excluding carboxylic acids is 1. The van der Waals surface area contributed by atoms with Crippen molar-refractivity contribution < 1.29 is 14.6 Å². The third-order valence-electron chi connectivity index (χ3n) is 3.29. The minimum atomic E-state index is -0.225. The van der Waals surface area contributed by atoms with E-state index in [1.165, 1.54) is 0 Å². The van der Waals surface area contributed by atoms with E-state index in [-0.39, 0.29) is 24.7 Å². The van der Waals surface area contributed by atoms with Gasteiger partial charge in [0, 0.05) is 12.6 Å². The molecule has 0 radical (unpaired) electrons. The van der Waals surface area contributed by atoms with Crippen LogP contribution >= 0.6 is 0 Å². The quantitative estimate of drug-likeness (QED) is 0.669. The molecule has 3 unspecified atom stereocenters. The maximum absolute atomic E-state index is 11.6. The fourth-order valence-electron chi connectivity index (χ4n) is 2.33. The van der Waals surface area contributed by atoms with Gasteiger partial charge in [-0.3, -0.25) is 4.79 Å². The summed E-state index contributed by atoms with van der Waals surface area (Å²) in [7, 11) is 0. The minimum absolute atomic E-state index is 0.173. The Morgan fingerprint density at radius 2 is 2.25 bits per heavy atom. The monoisotopic (exact) mass is 229 g/mol. The highest BCUT2D eigenvalue weighted by Gasteiger charge is 2.30. The lowest BCUT2D eigenvalue weighted by molar-refractivity contribution is -0.146. The molecule has 0 aromatic heterocycles. The summed E-state index contributed by atoms with van der Waals surface area (Å²) in [5.41, 5.74) is 0. The van der Waals surface area contributed by atoms with E-state index in [9.17, 15) is 9.90 Å². The van der Waals surface area contributed by atoms with Crippen molar-refractivity contribution in [3.8, 4) is 0 Å². The van der Waals surface area contributed by atoms with Crippen molar-refractivity contribution in [1.82, 2.24) is 5.32 Å². The van der Waals surface area contributed by atoms with Gasteiger partial charge >= 0.3 is 5.97 Å². The van der Waals surface area contributed by atoms with Crippen LogP contribution in [0.5, 0.6) is 0 Å². The Morgan fingerprint density at radius 1 is 1.50 bits per heavy atom. The van der Waals surface area contributed by atoms with Crippen LogP contribution in [0.3, 0.4) is 0 Å². The van der Waals surface area contributed by atoms with Crippen molar-refractivity contribution in [2.24, 2.45) is 5.92 Å². The first kappa shape index (κ1) is 13.5. The fraction of sp³-hybridized carbons (Fsp3) is 0.917. The van der Waals surface area contributed by atoms with Gasteiger partial charge in [-0.2, -0.15) is 0 Å². The number of carbonyl (C=O) groups is 1. The first-order chi connectivity index (χ1) is 7.72. The fourth-order valence-corrected chi connectivity index (χ4v) is 2.33. The zero-order chi connectivity index (χ0) is 12.0. The molecule has 0 aromatic carbocycles. The van der Waals surface area contributed by atoms with Gasteiger partial charge in [0.05, 0.1) is 6.61 Å². The molecule has 3 atom stereocenters. The van der Waals surface area contributed by atoms with Gasteiger partial charge in [0.25, 0.3) is 0 Å². The number of rotatable bonds is 6. The molecule has 1 rings (SSSR count). The van der Waals surface area contributed by atoms with Gasteiger partial charge in [-0.15, -0.1) is 0 Å². The van der Waals surface area contributed by atoms with E-state index in [2.05, 4.69) is 5.32 Å². The molecular weight excluding hydrogens is 206 g/mol. The van der Waals surface area contributed by atoms with E-state index >= 15 is 0 Å². The summed E-state index contributed by atoms with van der Waals surface area (Å²) in [4.78, 5) is 11.6. The molecule has 4 heteroatoms. The molecule has 1 aliphatic rings. The zero-order valence-electron chi connectivity index (χ0n) is 10.2. The van der Waals surface area contributed by atoms with Crippen LogP contribution in [0.1, 0.15) is 39.5 Å². The Morgan fingerprint density at radius 3 is 2.81 bits per heavy atom. The predicted molar refractivity (Wildman–Crippen MR) is 62.1 cm³/mol. The molecule has 4 nitrogen and oxygen atoms in total. The standard InChI is InChI=1S/C12H23NO3/c1-3-10(12(15)16-4-2)13-11-7-5-6-9(11)8-14/h9-11,13-14H,3-8H2,1-2H3. The molecule has 0 saturated heterocycles. The Bertz CT molecular complexity index is 220. The normalized spacial score (nSPS) is 26.7. The molecular formula is C12H23NO3. The van der Waals surface area contributed by atoms with Crippen LogP contribution in [-0.4, -0.2) is 36.4 Å². The Kier molecular flexibility index (Phi) is 5.77. The molecule has 0 bridgehead atoms. The number of hydrogen-bond acceptors (Lipinski definition) is 4. The maximum atomic E-state index is 11.6. The zero-order valence-corrected chi connectivity index (χ0v) is 10.2. The SMILES string of the molecule is CCOC(=O)C(CC)NC1CCCC1CO. The molecule has 1 fully saturated rings. The Hall–Kier alpha value is -0.610. The molecule has 2 N–H and O–H groups in total. The summed E-state index contributed by atoms with van der Waals surface area (Å²) in [5, 5.41) is 12.5. The lowest BCUT2D eigenvalue weighted by Crippen LogP contribution is -2.46. The van der Waals surface area contributed by atoms with E-state index in [4.69, 9.17) is 4.74 Å². The Balaban J connectivity index is 2.45. The topological polar surface area (TPSA) is 58.6 Å². The van der Waals surface area contributed by atoms with Crippen LogP contribution in [0, 0.1) is 5.92 Å². The molecule has 94 valence electrons. The average Bonchev–Trinajstić information content (AvgIpc) is 2.73. The van der Waals surface area contributed by atoms with Crippen LogP contribution < -0.4 is 5.32 Å². The summed E-state index contributed by atoms with van der Waals surface area (Å²) in [5.74, 6) is 0.122. The predicted octanol–water partition coefficient (Wildman–Crippen LogP) is 1.08. The van der Waals surface area contributed by atoms with Crippen molar-refractivity contribution in [2.75, 3.05) is 13.2 Å². The van der Waals surface area contributed by atoms with E-state index in [1.54, 1.807) is 0 Å². The van der Waals surface area contributed by atoms with Crippen molar-refractivity contribution >= 4 is 5.97 Å². The third kappa shape index (κ3) is 3.46. The maximum Gasteiger partial charge on any atom is 0.323 e. The number of aliphatic hydroxyl groups is 1. The van der Waals surface area contributed by atoms with Crippen molar-refractivity contribution in [1.29, 1.82) is 0 Å². The second-order valence-corrected chi connectivity index (χ2v) is 4.36. The van der Waals surface area contributed by atoms with Crippen LogP contribution in [0.2, 0.25) is 0 Å². The largest absolute Gasteiger partial charge is 0.465 e. The van der Waals surface area contributed by atoms with Crippen LogP contribution in [0.25, 0.3) is 0 Å². The number of aliphatic hydroxyl groups excluding tert-OH is 1. The second kappa shape index (κ2) is 6.86. The van der Waals surface area contributed by atoms with Crippen molar-refractivity contribution in [3.63, 3.8) is 0 Å². The highest BCUT2D eigenvalue weighted by atomic mass is 16.5.